The normalized spacial score (nSPS) is 9.79. The Morgan fingerprint density at radius 1 is 1.43 bits per heavy atom. The van der Waals surface area contributed by atoms with E-state index in [4.69, 9.17) is 5.73 Å². The van der Waals surface area contributed by atoms with Crippen molar-refractivity contribution in [3.05, 3.63) is 29.3 Å². The van der Waals surface area contributed by atoms with Gasteiger partial charge in [0, 0.05) is 12.0 Å². The highest BCUT2D eigenvalue weighted by molar-refractivity contribution is 6.01. The zero-order valence-corrected chi connectivity index (χ0v) is 7.78. The van der Waals surface area contributed by atoms with Crippen LogP contribution in [0.25, 0.3) is 0 Å². The number of benzene rings is 1. The second-order valence-corrected chi connectivity index (χ2v) is 2.87. The first-order valence-electron chi connectivity index (χ1n) is 4.22. The molecule has 0 fully saturated rings. The van der Waals surface area contributed by atoms with Crippen molar-refractivity contribution in [2.75, 3.05) is 0 Å². The molecule has 0 spiro atoms. The van der Waals surface area contributed by atoms with Crippen LogP contribution in [0.15, 0.2) is 18.2 Å². The third-order valence-electron chi connectivity index (χ3n) is 1.91. The molecule has 0 aromatic heterocycles. The van der Waals surface area contributed by atoms with Gasteiger partial charge in [-0.1, -0.05) is 6.92 Å². The molecule has 1 aromatic rings. The molecule has 4 nitrogen and oxygen atoms in total. The first kappa shape index (κ1) is 10.2. The van der Waals surface area contributed by atoms with Crippen LogP contribution in [0.5, 0.6) is 5.75 Å². The Hall–Kier alpha value is -1.84. The Bertz CT molecular complexity index is 385. The predicted octanol–water partition coefficient (Wildman–Crippen LogP) is 1.08. The van der Waals surface area contributed by atoms with E-state index in [1.165, 1.54) is 18.2 Å². The van der Waals surface area contributed by atoms with E-state index in [0.717, 1.165) is 0 Å². The summed E-state index contributed by atoms with van der Waals surface area (Å²) in [6, 6.07) is 4.07. The van der Waals surface area contributed by atoms with Crippen molar-refractivity contribution in [1.82, 2.24) is 0 Å². The van der Waals surface area contributed by atoms with E-state index in [-0.39, 0.29) is 17.1 Å². The summed E-state index contributed by atoms with van der Waals surface area (Å²) in [5.74, 6) is -1.04. The number of carbonyl (C=O) groups is 2. The van der Waals surface area contributed by atoms with Crippen molar-refractivity contribution in [3.63, 3.8) is 0 Å². The summed E-state index contributed by atoms with van der Waals surface area (Å²) in [5, 5.41) is 9.25. The van der Waals surface area contributed by atoms with E-state index in [1.807, 2.05) is 0 Å². The van der Waals surface area contributed by atoms with E-state index in [2.05, 4.69) is 0 Å². The highest BCUT2D eigenvalue weighted by Gasteiger charge is 2.11. The highest BCUT2D eigenvalue weighted by atomic mass is 16.3. The maximum absolute atomic E-state index is 11.3. The molecule has 0 radical (unpaired) electrons. The van der Waals surface area contributed by atoms with Gasteiger partial charge in [-0.3, -0.25) is 9.59 Å². The molecule has 0 aliphatic heterocycles. The lowest BCUT2D eigenvalue weighted by Crippen LogP contribution is -2.12. The molecule has 4 heteroatoms. The Labute approximate surface area is 81.3 Å². The van der Waals surface area contributed by atoms with Crippen molar-refractivity contribution in [3.8, 4) is 5.75 Å². The van der Waals surface area contributed by atoms with Crippen LogP contribution < -0.4 is 5.73 Å². The molecule has 0 aliphatic carbocycles. The van der Waals surface area contributed by atoms with Crippen molar-refractivity contribution >= 4 is 11.7 Å². The zero-order chi connectivity index (χ0) is 10.7. The minimum Gasteiger partial charge on any atom is -0.507 e. The number of ketones is 1. The van der Waals surface area contributed by atoms with Gasteiger partial charge in [0.1, 0.15) is 5.75 Å². The minimum atomic E-state index is -0.742. The number of nitrogens with two attached hydrogens (primary N) is 1. The first-order chi connectivity index (χ1) is 6.56. The number of hydrogen-bond acceptors (Lipinski definition) is 3. The average Bonchev–Trinajstić information content (AvgIpc) is 2.17. The van der Waals surface area contributed by atoms with Gasteiger partial charge in [-0.05, 0) is 18.2 Å². The van der Waals surface area contributed by atoms with Gasteiger partial charge in [0.15, 0.2) is 5.78 Å². The third-order valence-corrected chi connectivity index (χ3v) is 1.91. The lowest BCUT2D eigenvalue weighted by atomic mass is 10.0. The summed E-state index contributed by atoms with van der Waals surface area (Å²) in [5.41, 5.74) is 5.38. The molecule has 0 saturated carbocycles. The molecule has 0 atom stereocenters. The van der Waals surface area contributed by atoms with E-state index in [0.29, 0.717) is 12.0 Å². The summed E-state index contributed by atoms with van der Waals surface area (Å²) in [6.07, 6.45) is 0.350. The quantitative estimate of drug-likeness (QED) is 0.705. The lowest BCUT2D eigenvalue weighted by Gasteiger charge is -2.02. The summed E-state index contributed by atoms with van der Waals surface area (Å²) in [6.45, 7) is 1.72. The van der Waals surface area contributed by atoms with Crippen LogP contribution in [0.2, 0.25) is 0 Å². The molecular formula is C10H11NO3. The Kier molecular flexibility index (Phi) is 2.86. The van der Waals surface area contributed by atoms with Crippen molar-refractivity contribution in [1.29, 1.82) is 0 Å². The molecule has 0 unspecified atom stereocenters. The van der Waals surface area contributed by atoms with Crippen LogP contribution in [0.3, 0.4) is 0 Å². The molecule has 0 aliphatic rings. The maximum Gasteiger partial charge on any atom is 0.252 e. The van der Waals surface area contributed by atoms with Crippen LogP contribution in [-0.4, -0.2) is 16.8 Å². The predicted molar refractivity (Wildman–Crippen MR) is 51.2 cm³/mol. The molecule has 1 aromatic carbocycles. The van der Waals surface area contributed by atoms with Crippen molar-refractivity contribution < 1.29 is 14.7 Å². The smallest absolute Gasteiger partial charge is 0.252 e. The molecule has 14 heavy (non-hydrogen) atoms. The van der Waals surface area contributed by atoms with E-state index >= 15 is 0 Å². The second kappa shape index (κ2) is 3.91. The van der Waals surface area contributed by atoms with Gasteiger partial charge in [0.2, 0.25) is 0 Å². The van der Waals surface area contributed by atoms with Crippen molar-refractivity contribution in [2.45, 2.75) is 13.3 Å². The van der Waals surface area contributed by atoms with Gasteiger partial charge < -0.3 is 10.8 Å². The van der Waals surface area contributed by atoms with E-state index in [9.17, 15) is 14.7 Å². The maximum atomic E-state index is 11.3. The topological polar surface area (TPSA) is 80.4 Å². The Morgan fingerprint density at radius 2 is 2.07 bits per heavy atom. The highest BCUT2D eigenvalue weighted by Crippen LogP contribution is 2.18. The summed E-state index contributed by atoms with van der Waals surface area (Å²) in [4.78, 5) is 22.1. The first-order valence-corrected chi connectivity index (χ1v) is 4.22. The molecular weight excluding hydrogens is 182 g/mol. The fourth-order valence-electron chi connectivity index (χ4n) is 1.11. The molecule has 1 amide bonds. The summed E-state index contributed by atoms with van der Waals surface area (Å²) < 4.78 is 0. The molecule has 0 heterocycles. The number of primary amides is 1. The molecule has 74 valence electrons. The van der Waals surface area contributed by atoms with Gasteiger partial charge in [-0.2, -0.15) is 0 Å². The van der Waals surface area contributed by atoms with Gasteiger partial charge in [-0.25, -0.2) is 0 Å². The summed E-state index contributed by atoms with van der Waals surface area (Å²) >= 11 is 0. The van der Waals surface area contributed by atoms with Crippen LogP contribution in [0.1, 0.15) is 34.1 Å². The Balaban J connectivity index is 3.19. The monoisotopic (exact) mass is 193 g/mol. The number of aromatic hydroxyl groups is 1. The number of Topliss-reactive ketones (excluding diaryl/α,β-unsaturated/α-hetero) is 1. The standard InChI is InChI=1S/C10H11NO3/c1-2-8(12)6-3-4-9(13)7(5-6)10(11)14/h3-5,13H,2H2,1H3,(H2,11,14). The van der Waals surface area contributed by atoms with Gasteiger partial charge >= 0.3 is 0 Å². The number of phenols is 1. The van der Waals surface area contributed by atoms with Gasteiger partial charge in [0.05, 0.1) is 5.56 Å². The molecule has 0 bridgehead atoms. The third kappa shape index (κ3) is 1.90. The number of carbonyl (C=O) groups excluding carboxylic acids is 2. The molecule has 1 rings (SSSR count). The zero-order valence-electron chi connectivity index (χ0n) is 7.78. The SMILES string of the molecule is CCC(=O)c1ccc(O)c(C(N)=O)c1. The Morgan fingerprint density at radius 3 is 2.57 bits per heavy atom. The molecule has 3 N–H and O–H groups in total. The largest absolute Gasteiger partial charge is 0.507 e. The number of amides is 1. The number of hydrogen-bond donors (Lipinski definition) is 2. The van der Waals surface area contributed by atoms with E-state index in [1.54, 1.807) is 6.92 Å². The van der Waals surface area contributed by atoms with Gasteiger partial charge in [-0.15, -0.1) is 0 Å². The minimum absolute atomic E-state index is 0.0238. The van der Waals surface area contributed by atoms with E-state index < -0.39 is 5.91 Å². The fourth-order valence-corrected chi connectivity index (χ4v) is 1.11. The summed E-state index contributed by atoms with van der Waals surface area (Å²) in [7, 11) is 0. The van der Waals surface area contributed by atoms with Gasteiger partial charge in [0.25, 0.3) is 5.91 Å². The lowest BCUT2D eigenvalue weighted by molar-refractivity contribution is 0.0988. The number of rotatable bonds is 3. The van der Waals surface area contributed by atoms with Crippen molar-refractivity contribution in [2.24, 2.45) is 5.73 Å². The van der Waals surface area contributed by atoms with Crippen LogP contribution in [0, 0.1) is 0 Å². The van der Waals surface area contributed by atoms with Crippen LogP contribution in [0.4, 0.5) is 0 Å². The fraction of sp³-hybridized carbons (Fsp3) is 0.200. The average molecular weight is 193 g/mol. The second-order valence-electron chi connectivity index (χ2n) is 2.87. The van der Waals surface area contributed by atoms with Crippen LogP contribution >= 0.6 is 0 Å². The van der Waals surface area contributed by atoms with Crippen LogP contribution in [-0.2, 0) is 0 Å². The molecule has 0 saturated heterocycles.